The molecule has 0 radical (unpaired) electrons. The molecule has 1 saturated heterocycles. The lowest BCUT2D eigenvalue weighted by atomic mass is 9.82. The molecule has 0 aromatic rings. The van der Waals surface area contributed by atoms with E-state index in [1.54, 1.807) is 0 Å². The predicted molar refractivity (Wildman–Crippen MR) is 106 cm³/mol. The molecule has 1 aliphatic rings. The maximum Gasteiger partial charge on any atom is 0.0639 e. The van der Waals surface area contributed by atoms with Crippen LogP contribution >= 0.6 is 0 Å². The summed E-state index contributed by atoms with van der Waals surface area (Å²) in [5.74, 6) is 0. The van der Waals surface area contributed by atoms with Gasteiger partial charge in [0.2, 0.25) is 0 Å². The van der Waals surface area contributed by atoms with E-state index in [-0.39, 0.29) is 17.7 Å². The standard InChI is InChI=1S/C20H43N3O2/c1-17(24)15-21(6)13-10-20(5)11-14-23(20)12-8-9-19(3,4)22(7)16-18(2)25/h17-18,24-25H,8-16H2,1-7H3. The molecule has 25 heavy (non-hydrogen) atoms. The van der Waals surface area contributed by atoms with Gasteiger partial charge in [0.15, 0.2) is 0 Å². The van der Waals surface area contributed by atoms with E-state index in [1.807, 2.05) is 13.8 Å². The van der Waals surface area contributed by atoms with Crippen molar-refractivity contribution < 1.29 is 10.2 Å². The zero-order chi connectivity index (χ0) is 19.3. The highest BCUT2D eigenvalue weighted by Gasteiger charge is 2.39. The smallest absolute Gasteiger partial charge is 0.0639 e. The largest absolute Gasteiger partial charge is 0.392 e. The van der Waals surface area contributed by atoms with Crippen molar-refractivity contribution in [2.24, 2.45) is 0 Å². The topological polar surface area (TPSA) is 50.2 Å². The molecule has 1 heterocycles. The first-order valence-corrected chi connectivity index (χ1v) is 9.97. The van der Waals surface area contributed by atoms with Crippen molar-refractivity contribution >= 4 is 0 Å². The number of nitrogens with zero attached hydrogens (tertiary/aromatic N) is 3. The lowest BCUT2D eigenvalue weighted by molar-refractivity contribution is -0.0177. The van der Waals surface area contributed by atoms with Crippen molar-refractivity contribution in [3.63, 3.8) is 0 Å². The maximum atomic E-state index is 9.60. The number of rotatable bonds is 12. The highest BCUT2D eigenvalue weighted by molar-refractivity contribution is 4.96. The highest BCUT2D eigenvalue weighted by atomic mass is 16.3. The van der Waals surface area contributed by atoms with Crippen LogP contribution in [0, 0.1) is 0 Å². The molecule has 5 heteroatoms. The number of β-amino-alcohol motifs (C(OH)–C–C–N with tert-alkyl or cyclic N) is 1. The lowest BCUT2D eigenvalue weighted by Crippen LogP contribution is -2.59. The summed E-state index contributed by atoms with van der Waals surface area (Å²) in [5, 5.41) is 19.1. The third-order valence-corrected chi connectivity index (χ3v) is 6.08. The third kappa shape index (κ3) is 7.51. The fraction of sp³-hybridized carbons (Fsp3) is 1.00. The zero-order valence-electron chi connectivity index (χ0n) is 17.8. The van der Waals surface area contributed by atoms with Crippen LogP contribution in [0.2, 0.25) is 0 Å². The monoisotopic (exact) mass is 357 g/mol. The Balaban J connectivity index is 2.35. The Labute approximate surface area is 156 Å². The molecule has 0 amide bonds. The summed E-state index contributed by atoms with van der Waals surface area (Å²) in [6.45, 7) is 15.5. The molecule has 3 atom stereocenters. The van der Waals surface area contributed by atoms with Crippen molar-refractivity contribution in [3.05, 3.63) is 0 Å². The second-order valence-electron chi connectivity index (χ2n) is 9.24. The summed E-state index contributed by atoms with van der Waals surface area (Å²) in [5.41, 5.74) is 0.443. The van der Waals surface area contributed by atoms with Gasteiger partial charge in [-0.1, -0.05) is 0 Å². The Bertz CT molecular complexity index is 387. The third-order valence-electron chi connectivity index (χ3n) is 6.08. The van der Waals surface area contributed by atoms with E-state index >= 15 is 0 Å². The molecule has 0 spiro atoms. The second kappa shape index (κ2) is 9.65. The number of likely N-dealkylation sites (tertiary alicyclic amines) is 1. The molecular formula is C20H43N3O2. The van der Waals surface area contributed by atoms with Crippen molar-refractivity contribution in [2.45, 2.75) is 83.6 Å². The first-order valence-electron chi connectivity index (χ1n) is 9.97. The summed E-state index contributed by atoms with van der Waals surface area (Å²) in [7, 11) is 4.21. The van der Waals surface area contributed by atoms with Crippen LogP contribution in [-0.4, -0.2) is 95.0 Å². The van der Waals surface area contributed by atoms with Crippen LogP contribution in [0.4, 0.5) is 0 Å². The highest BCUT2D eigenvalue weighted by Crippen LogP contribution is 2.34. The molecule has 0 aliphatic carbocycles. The minimum Gasteiger partial charge on any atom is -0.392 e. The van der Waals surface area contributed by atoms with Gasteiger partial charge in [-0.2, -0.15) is 0 Å². The van der Waals surface area contributed by atoms with Crippen molar-refractivity contribution in [1.29, 1.82) is 0 Å². The van der Waals surface area contributed by atoms with E-state index in [0.717, 1.165) is 32.6 Å². The van der Waals surface area contributed by atoms with E-state index in [1.165, 1.54) is 25.8 Å². The normalized spacial score (nSPS) is 24.6. The first kappa shape index (κ1) is 22.8. The lowest BCUT2D eigenvalue weighted by Gasteiger charge is -2.52. The van der Waals surface area contributed by atoms with Crippen LogP contribution in [0.25, 0.3) is 0 Å². The average Bonchev–Trinajstić information content (AvgIpc) is 2.46. The minimum absolute atomic E-state index is 0.121. The van der Waals surface area contributed by atoms with Crippen LogP contribution in [0.5, 0.6) is 0 Å². The van der Waals surface area contributed by atoms with Crippen molar-refractivity contribution in [3.8, 4) is 0 Å². The van der Waals surface area contributed by atoms with Crippen LogP contribution in [0.3, 0.4) is 0 Å². The first-order chi connectivity index (χ1) is 11.5. The summed E-state index contributed by atoms with van der Waals surface area (Å²) in [4.78, 5) is 7.15. The van der Waals surface area contributed by atoms with Gasteiger partial charge in [0, 0.05) is 30.7 Å². The molecule has 0 aromatic carbocycles. The van der Waals surface area contributed by atoms with Crippen LogP contribution in [0.1, 0.15) is 60.3 Å². The van der Waals surface area contributed by atoms with Gasteiger partial charge < -0.3 is 15.1 Å². The average molecular weight is 358 g/mol. The predicted octanol–water partition coefficient (Wildman–Crippen LogP) is 2.02. The summed E-state index contributed by atoms with van der Waals surface area (Å²) < 4.78 is 0. The molecule has 0 saturated carbocycles. The second-order valence-corrected chi connectivity index (χ2v) is 9.24. The Morgan fingerprint density at radius 3 is 2.20 bits per heavy atom. The summed E-state index contributed by atoms with van der Waals surface area (Å²) >= 11 is 0. The Hall–Kier alpha value is -0.200. The Morgan fingerprint density at radius 2 is 1.72 bits per heavy atom. The summed E-state index contributed by atoms with van der Waals surface area (Å²) in [6, 6.07) is 0. The number of aliphatic hydroxyl groups excluding tert-OH is 2. The van der Waals surface area contributed by atoms with E-state index in [2.05, 4.69) is 49.6 Å². The zero-order valence-corrected chi connectivity index (χ0v) is 17.8. The van der Waals surface area contributed by atoms with Crippen LogP contribution in [0.15, 0.2) is 0 Å². The number of aliphatic hydroxyl groups is 2. The van der Waals surface area contributed by atoms with E-state index in [0.29, 0.717) is 5.54 Å². The van der Waals surface area contributed by atoms with Gasteiger partial charge in [-0.05, 0) is 87.5 Å². The van der Waals surface area contributed by atoms with E-state index in [4.69, 9.17) is 0 Å². The van der Waals surface area contributed by atoms with Crippen molar-refractivity contribution in [2.75, 3.05) is 46.8 Å². The number of hydrogen-bond acceptors (Lipinski definition) is 5. The fourth-order valence-electron chi connectivity index (χ4n) is 3.83. The maximum absolute atomic E-state index is 9.60. The van der Waals surface area contributed by atoms with Gasteiger partial charge in [-0.15, -0.1) is 0 Å². The number of hydrogen-bond donors (Lipinski definition) is 2. The van der Waals surface area contributed by atoms with Crippen molar-refractivity contribution in [1.82, 2.24) is 14.7 Å². The van der Waals surface area contributed by atoms with E-state index in [9.17, 15) is 10.2 Å². The van der Waals surface area contributed by atoms with Gasteiger partial charge in [0.25, 0.3) is 0 Å². The van der Waals surface area contributed by atoms with Gasteiger partial charge in [-0.25, -0.2) is 0 Å². The Kier molecular flexibility index (Phi) is 8.82. The molecule has 5 nitrogen and oxygen atoms in total. The fourth-order valence-corrected chi connectivity index (χ4v) is 3.83. The molecule has 150 valence electrons. The van der Waals surface area contributed by atoms with Gasteiger partial charge >= 0.3 is 0 Å². The Morgan fingerprint density at radius 1 is 1.12 bits per heavy atom. The summed E-state index contributed by atoms with van der Waals surface area (Å²) in [6.07, 6.45) is 4.25. The van der Waals surface area contributed by atoms with Gasteiger partial charge in [0.05, 0.1) is 12.2 Å². The molecule has 1 aliphatic heterocycles. The molecule has 3 unspecified atom stereocenters. The molecule has 1 fully saturated rings. The van der Waals surface area contributed by atoms with Gasteiger partial charge in [0.1, 0.15) is 0 Å². The molecule has 2 N–H and O–H groups in total. The quantitative estimate of drug-likeness (QED) is 0.560. The number of likely N-dealkylation sites (N-methyl/N-ethyl adjacent to an activating group) is 2. The van der Waals surface area contributed by atoms with Crippen LogP contribution in [-0.2, 0) is 0 Å². The SMILES string of the molecule is CC(O)CN(C)CCC1(C)CCN1CCCC(C)(C)N(C)CC(C)O. The molecule has 0 bridgehead atoms. The molecular weight excluding hydrogens is 314 g/mol. The molecule has 0 aromatic heterocycles. The van der Waals surface area contributed by atoms with E-state index < -0.39 is 0 Å². The van der Waals surface area contributed by atoms with Crippen LogP contribution < -0.4 is 0 Å². The minimum atomic E-state index is -0.276. The molecule has 1 rings (SSSR count). The van der Waals surface area contributed by atoms with Gasteiger partial charge in [-0.3, -0.25) is 9.80 Å².